The minimum Gasteiger partial charge on any atom is -0.479 e. The number of aliphatic hydroxyl groups excluding tert-OH is 2. The zero-order valence-corrected chi connectivity index (χ0v) is 9.37. The first kappa shape index (κ1) is 19.5. The second-order valence-corrected chi connectivity index (χ2v) is 2.60. The molecule has 0 amide bonds. The Balaban J connectivity index is -0.000000605. The molecule has 0 aromatic heterocycles. The number of aliphatic hydroxyl groups is 2. The van der Waals surface area contributed by atoms with Crippen molar-refractivity contribution in [2.24, 2.45) is 0 Å². The summed E-state index contributed by atoms with van der Waals surface area (Å²) in [4.78, 5) is 14.1. The second kappa shape index (κ2) is 8.31. The third-order valence-corrected chi connectivity index (χ3v) is 1.45. The Hall–Kier alpha value is -0.0157. The molecule has 0 saturated carbocycles. The van der Waals surface area contributed by atoms with E-state index < -0.39 is 24.3 Å². The van der Waals surface area contributed by atoms with Gasteiger partial charge in [0, 0.05) is 28.1 Å². The first-order valence-electron chi connectivity index (χ1n) is 3.33. The summed E-state index contributed by atoms with van der Waals surface area (Å²) < 4.78 is 0. The van der Waals surface area contributed by atoms with Gasteiger partial charge < -0.3 is 21.5 Å². The van der Waals surface area contributed by atoms with E-state index in [4.69, 9.17) is 20.6 Å². The molecule has 7 nitrogen and oxygen atoms in total. The third-order valence-electron chi connectivity index (χ3n) is 1.45. The molecule has 0 fully saturated rings. The van der Waals surface area contributed by atoms with Crippen LogP contribution in [-0.2, 0) is 31.4 Å². The number of carbonyl (C=O) groups is 1. The molecular formula is C6H15NO6Ti. The fourth-order valence-corrected chi connectivity index (χ4v) is 0.802. The van der Waals surface area contributed by atoms with Gasteiger partial charge in [0.05, 0.1) is 12.7 Å². The van der Waals surface area contributed by atoms with E-state index in [0.717, 1.165) is 0 Å². The molecule has 0 aliphatic heterocycles. The summed E-state index contributed by atoms with van der Waals surface area (Å²) in [6.45, 7) is 0.427. The van der Waals surface area contributed by atoms with Crippen molar-refractivity contribution in [3.05, 3.63) is 0 Å². The fourth-order valence-electron chi connectivity index (χ4n) is 0.802. The molecule has 8 heteroatoms. The van der Waals surface area contributed by atoms with Crippen molar-refractivity contribution in [2.45, 2.75) is 25.0 Å². The van der Waals surface area contributed by atoms with Gasteiger partial charge in [-0.15, -0.1) is 0 Å². The topological polar surface area (TPSA) is 142 Å². The van der Waals surface area contributed by atoms with Crippen LogP contribution in [0.3, 0.4) is 0 Å². The van der Waals surface area contributed by atoms with Gasteiger partial charge in [-0.25, -0.2) is 9.68 Å². The van der Waals surface area contributed by atoms with Gasteiger partial charge in [-0.05, 0) is 6.92 Å². The van der Waals surface area contributed by atoms with Crippen molar-refractivity contribution in [3.63, 3.8) is 0 Å². The van der Waals surface area contributed by atoms with Crippen LogP contribution >= 0.6 is 0 Å². The van der Waals surface area contributed by atoms with E-state index in [-0.39, 0.29) is 34.3 Å². The van der Waals surface area contributed by atoms with Crippen molar-refractivity contribution in [1.82, 2.24) is 6.15 Å². The molecule has 14 heavy (non-hydrogen) atoms. The molecule has 2 atom stereocenters. The summed E-state index contributed by atoms with van der Waals surface area (Å²) in [7, 11) is 0. The van der Waals surface area contributed by atoms with Crippen LogP contribution in [0.4, 0.5) is 0 Å². The number of carboxylic acid groups (broad SMARTS) is 1. The number of rotatable bonds is 5. The Morgan fingerprint density at radius 1 is 1.57 bits per heavy atom. The van der Waals surface area contributed by atoms with Crippen molar-refractivity contribution < 1.29 is 52.0 Å². The van der Waals surface area contributed by atoms with Gasteiger partial charge in [-0.3, -0.25) is 5.26 Å². The zero-order valence-electron chi connectivity index (χ0n) is 7.80. The maximum absolute atomic E-state index is 10.5. The monoisotopic (exact) mass is 245 g/mol. The van der Waals surface area contributed by atoms with Crippen LogP contribution in [0.15, 0.2) is 0 Å². The van der Waals surface area contributed by atoms with Crippen molar-refractivity contribution >= 4 is 5.97 Å². The van der Waals surface area contributed by atoms with Gasteiger partial charge in [0.1, 0.15) is 0 Å². The van der Waals surface area contributed by atoms with E-state index in [1.54, 1.807) is 0 Å². The number of carboxylic acids is 1. The molecule has 0 aliphatic rings. The molecule has 84 valence electrons. The Bertz CT molecular complexity index is 160. The maximum Gasteiger partial charge on any atom is 0.341 e. The standard InChI is InChI=1S/C6H12O6.H3N.Ti/c1-4(8)2-6(3-7,12-11)5(9)10;;/h4,7-8,11H,2-3H2,1H3,(H,9,10);1H3;. The molecule has 0 rings (SSSR count). The second-order valence-electron chi connectivity index (χ2n) is 2.60. The van der Waals surface area contributed by atoms with Crippen LogP contribution < -0.4 is 6.15 Å². The van der Waals surface area contributed by atoms with Gasteiger partial charge in [0.15, 0.2) is 0 Å². The average Bonchev–Trinajstić information content (AvgIpc) is 1.99. The van der Waals surface area contributed by atoms with Crippen LogP contribution in [0.1, 0.15) is 13.3 Å². The average molecular weight is 245 g/mol. The van der Waals surface area contributed by atoms with Crippen LogP contribution in [0.25, 0.3) is 0 Å². The van der Waals surface area contributed by atoms with Crippen molar-refractivity contribution in [1.29, 1.82) is 0 Å². The quantitative estimate of drug-likeness (QED) is 0.243. The molecule has 0 aromatic carbocycles. The molecule has 0 aliphatic carbocycles. The maximum atomic E-state index is 10.5. The van der Waals surface area contributed by atoms with Gasteiger partial charge in [0.2, 0.25) is 5.60 Å². The number of aliphatic carboxylic acids is 1. The summed E-state index contributed by atoms with van der Waals surface area (Å²) >= 11 is 0. The van der Waals surface area contributed by atoms with E-state index in [0.29, 0.717) is 0 Å². The van der Waals surface area contributed by atoms with Crippen molar-refractivity contribution in [3.8, 4) is 0 Å². The summed E-state index contributed by atoms with van der Waals surface area (Å²) in [5.41, 5.74) is -2.12. The number of hydrogen-bond acceptors (Lipinski definition) is 6. The van der Waals surface area contributed by atoms with E-state index in [2.05, 4.69) is 4.89 Å². The fraction of sp³-hybridized carbons (Fsp3) is 0.833. The van der Waals surface area contributed by atoms with E-state index in [9.17, 15) is 4.79 Å². The van der Waals surface area contributed by atoms with E-state index >= 15 is 0 Å². The molecule has 0 saturated heterocycles. The van der Waals surface area contributed by atoms with Crippen molar-refractivity contribution in [2.75, 3.05) is 6.61 Å². The van der Waals surface area contributed by atoms with Crippen LogP contribution in [-0.4, -0.2) is 44.9 Å². The Kier molecular flexibility index (Phi) is 11.6. The normalized spacial score (nSPS) is 15.7. The van der Waals surface area contributed by atoms with Gasteiger partial charge in [-0.2, -0.15) is 0 Å². The van der Waals surface area contributed by atoms with Crippen LogP contribution in [0.2, 0.25) is 0 Å². The first-order chi connectivity index (χ1) is 5.48. The van der Waals surface area contributed by atoms with Gasteiger partial charge in [0.25, 0.3) is 0 Å². The number of hydrogen-bond donors (Lipinski definition) is 5. The smallest absolute Gasteiger partial charge is 0.341 e. The predicted molar refractivity (Wildman–Crippen MR) is 42.5 cm³/mol. The van der Waals surface area contributed by atoms with E-state index in [1.807, 2.05) is 0 Å². The molecule has 0 heterocycles. The summed E-state index contributed by atoms with van der Waals surface area (Å²) in [5, 5.41) is 34.2. The summed E-state index contributed by atoms with van der Waals surface area (Å²) in [6.07, 6.45) is -1.37. The third kappa shape index (κ3) is 5.01. The predicted octanol–water partition coefficient (Wildman–Crippen LogP) is -0.778. The minimum absolute atomic E-state index is 0. The Labute approximate surface area is 96.1 Å². The SMILES string of the molecule is CC(O)CC(CO)(OO)C(=O)O.N.[Ti]. The summed E-state index contributed by atoms with van der Waals surface area (Å²) in [6, 6.07) is 0. The molecule has 0 aromatic rings. The largest absolute Gasteiger partial charge is 0.479 e. The zero-order chi connectivity index (χ0) is 9.78. The Morgan fingerprint density at radius 3 is 2.07 bits per heavy atom. The van der Waals surface area contributed by atoms with Crippen LogP contribution in [0, 0.1) is 0 Å². The van der Waals surface area contributed by atoms with E-state index in [1.165, 1.54) is 6.92 Å². The van der Waals surface area contributed by atoms with Gasteiger partial charge in [-0.1, -0.05) is 0 Å². The Morgan fingerprint density at radius 2 is 2.00 bits per heavy atom. The minimum atomic E-state index is -2.12. The molecule has 2 unspecified atom stereocenters. The molecule has 0 radical (unpaired) electrons. The molecular weight excluding hydrogens is 230 g/mol. The first-order valence-corrected chi connectivity index (χ1v) is 3.33. The summed E-state index contributed by atoms with van der Waals surface area (Å²) in [5.74, 6) is -1.52. The molecule has 0 spiro atoms. The van der Waals surface area contributed by atoms with Gasteiger partial charge >= 0.3 is 5.97 Å². The molecule has 0 bridgehead atoms. The molecule has 7 N–H and O–H groups in total. The van der Waals surface area contributed by atoms with Crippen LogP contribution in [0.5, 0.6) is 0 Å².